The van der Waals surface area contributed by atoms with Crippen LogP contribution in [0.3, 0.4) is 0 Å². The average molecular weight is 262 g/mol. The highest BCUT2D eigenvalue weighted by atomic mass is 35.5. The summed E-state index contributed by atoms with van der Waals surface area (Å²) in [6.45, 7) is 0. The van der Waals surface area contributed by atoms with Crippen molar-refractivity contribution in [2.24, 2.45) is 11.7 Å². The molecule has 96 valence electrons. The summed E-state index contributed by atoms with van der Waals surface area (Å²) in [6.07, 6.45) is 5.74. The second-order valence-electron chi connectivity index (χ2n) is 4.63. The minimum atomic E-state index is -0.541. The van der Waals surface area contributed by atoms with Gasteiger partial charge in [-0.25, -0.2) is 8.78 Å². The molecule has 0 heterocycles. The largest absolute Gasteiger partial charge is 0.324 e. The van der Waals surface area contributed by atoms with E-state index in [1.54, 1.807) is 0 Å². The van der Waals surface area contributed by atoms with Crippen LogP contribution in [0.2, 0.25) is 0 Å². The number of halogens is 3. The zero-order valence-corrected chi connectivity index (χ0v) is 10.5. The van der Waals surface area contributed by atoms with Crippen LogP contribution in [-0.4, -0.2) is 0 Å². The molecule has 2 rings (SSSR count). The van der Waals surface area contributed by atoms with Gasteiger partial charge in [-0.05, 0) is 36.5 Å². The molecule has 1 aliphatic rings. The molecule has 2 N–H and O–H groups in total. The van der Waals surface area contributed by atoms with Crippen LogP contribution in [0.25, 0.3) is 0 Å². The number of hydrogen-bond acceptors (Lipinski definition) is 1. The van der Waals surface area contributed by atoms with E-state index < -0.39 is 11.6 Å². The lowest BCUT2D eigenvalue weighted by molar-refractivity contribution is 0.307. The van der Waals surface area contributed by atoms with Crippen LogP contribution < -0.4 is 5.73 Å². The third-order valence-electron chi connectivity index (χ3n) is 3.43. The third-order valence-corrected chi connectivity index (χ3v) is 3.43. The Morgan fingerprint density at radius 3 is 2.06 bits per heavy atom. The molecule has 0 aromatic heterocycles. The fourth-order valence-corrected chi connectivity index (χ4v) is 2.53. The molecule has 0 aliphatic heterocycles. The molecule has 0 radical (unpaired) electrons. The Labute approximate surface area is 107 Å². The van der Waals surface area contributed by atoms with E-state index in [1.807, 2.05) is 0 Å². The molecule has 17 heavy (non-hydrogen) atoms. The predicted molar refractivity (Wildman–Crippen MR) is 67.1 cm³/mol. The quantitative estimate of drug-likeness (QED) is 0.857. The van der Waals surface area contributed by atoms with Crippen molar-refractivity contribution in [3.05, 3.63) is 35.4 Å². The molecule has 1 atom stereocenters. The van der Waals surface area contributed by atoms with Crippen LogP contribution in [-0.2, 0) is 0 Å². The highest BCUT2D eigenvalue weighted by Gasteiger charge is 2.22. The SMILES string of the molecule is Cl.N[C@@H](c1cc(F)cc(F)c1)C1CCCCC1. The van der Waals surface area contributed by atoms with Crippen molar-refractivity contribution in [1.82, 2.24) is 0 Å². The summed E-state index contributed by atoms with van der Waals surface area (Å²) in [5.74, 6) is -0.711. The summed E-state index contributed by atoms with van der Waals surface area (Å²) in [5, 5.41) is 0. The normalized spacial score (nSPS) is 18.5. The smallest absolute Gasteiger partial charge is 0.126 e. The molecule has 1 aromatic rings. The van der Waals surface area contributed by atoms with E-state index in [0.717, 1.165) is 18.9 Å². The molecule has 1 fully saturated rings. The van der Waals surface area contributed by atoms with E-state index in [9.17, 15) is 8.78 Å². The Bertz CT molecular complexity index is 344. The molecule has 1 aromatic carbocycles. The number of benzene rings is 1. The van der Waals surface area contributed by atoms with E-state index in [4.69, 9.17) is 5.73 Å². The molecule has 1 saturated carbocycles. The molecule has 0 saturated heterocycles. The van der Waals surface area contributed by atoms with Gasteiger partial charge >= 0.3 is 0 Å². The highest BCUT2D eigenvalue weighted by Crippen LogP contribution is 2.33. The Balaban J connectivity index is 0.00000144. The molecule has 0 spiro atoms. The van der Waals surface area contributed by atoms with Crippen LogP contribution in [0.4, 0.5) is 8.78 Å². The first-order valence-corrected chi connectivity index (χ1v) is 5.88. The van der Waals surface area contributed by atoms with Crippen molar-refractivity contribution < 1.29 is 8.78 Å². The zero-order chi connectivity index (χ0) is 11.5. The van der Waals surface area contributed by atoms with Gasteiger partial charge in [-0.1, -0.05) is 19.3 Å². The topological polar surface area (TPSA) is 26.0 Å². The van der Waals surface area contributed by atoms with Gasteiger partial charge in [0.15, 0.2) is 0 Å². The molecular weight excluding hydrogens is 244 g/mol. The maximum absolute atomic E-state index is 13.1. The maximum atomic E-state index is 13.1. The standard InChI is InChI=1S/C13H17F2N.ClH/c14-11-6-10(7-12(15)8-11)13(16)9-4-2-1-3-5-9;/h6-9,13H,1-5,16H2;1H/t13-;/m1./s1. The Hall–Kier alpha value is -0.670. The molecular formula is C13H18ClF2N. The monoisotopic (exact) mass is 261 g/mol. The summed E-state index contributed by atoms with van der Waals surface area (Å²) < 4.78 is 26.1. The van der Waals surface area contributed by atoms with E-state index in [0.29, 0.717) is 11.5 Å². The predicted octanol–water partition coefficient (Wildman–Crippen LogP) is 3.97. The van der Waals surface area contributed by atoms with Crippen molar-refractivity contribution in [3.8, 4) is 0 Å². The van der Waals surface area contributed by atoms with Gasteiger partial charge in [0, 0.05) is 12.1 Å². The van der Waals surface area contributed by atoms with Crippen molar-refractivity contribution in [3.63, 3.8) is 0 Å². The minimum absolute atomic E-state index is 0. The van der Waals surface area contributed by atoms with Gasteiger partial charge < -0.3 is 5.73 Å². The molecule has 0 amide bonds. The van der Waals surface area contributed by atoms with Gasteiger partial charge in [-0.3, -0.25) is 0 Å². The average Bonchev–Trinajstić information content (AvgIpc) is 2.28. The third kappa shape index (κ3) is 3.65. The molecule has 0 unspecified atom stereocenters. The Morgan fingerprint density at radius 1 is 1.00 bits per heavy atom. The Morgan fingerprint density at radius 2 is 1.53 bits per heavy atom. The summed E-state index contributed by atoms with van der Waals surface area (Å²) in [6, 6.07) is 3.35. The molecule has 1 nitrogen and oxygen atoms in total. The fraction of sp³-hybridized carbons (Fsp3) is 0.538. The van der Waals surface area contributed by atoms with Crippen LogP contribution >= 0.6 is 12.4 Å². The van der Waals surface area contributed by atoms with E-state index >= 15 is 0 Å². The van der Waals surface area contributed by atoms with Gasteiger partial charge in [0.05, 0.1) is 0 Å². The summed E-state index contributed by atoms with van der Waals surface area (Å²) in [5.41, 5.74) is 6.66. The lowest BCUT2D eigenvalue weighted by Crippen LogP contribution is -2.23. The lowest BCUT2D eigenvalue weighted by Gasteiger charge is -2.27. The van der Waals surface area contributed by atoms with Gasteiger partial charge in [0.1, 0.15) is 11.6 Å². The second kappa shape index (κ2) is 6.31. The van der Waals surface area contributed by atoms with Crippen molar-refractivity contribution >= 4 is 12.4 Å². The van der Waals surface area contributed by atoms with Crippen molar-refractivity contribution in [1.29, 1.82) is 0 Å². The van der Waals surface area contributed by atoms with Gasteiger partial charge in [-0.2, -0.15) is 0 Å². The molecule has 0 bridgehead atoms. The summed E-state index contributed by atoms with van der Waals surface area (Å²) in [4.78, 5) is 0. The van der Waals surface area contributed by atoms with Gasteiger partial charge in [0.2, 0.25) is 0 Å². The lowest BCUT2D eigenvalue weighted by atomic mass is 9.81. The molecule has 1 aliphatic carbocycles. The van der Waals surface area contributed by atoms with E-state index in [2.05, 4.69) is 0 Å². The Kier molecular flexibility index (Phi) is 5.34. The van der Waals surface area contributed by atoms with Crippen LogP contribution in [0.1, 0.15) is 43.7 Å². The minimum Gasteiger partial charge on any atom is -0.324 e. The van der Waals surface area contributed by atoms with E-state index in [-0.39, 0.29) is 18.4 Å². The number of rotatable bonds is 2. The highest BCUT2D eigenvalue weighted by molar-refractivity contribution is 5.85. The first-order valence-electron chi connectivity index (χ1n) is 5.88. The zero-order valence-electron chi connectivity index (χ0n) is 9.66. The maximum Gasteiger partial charge on any atom is 0.126 e. The first-order chi connectivity index (χ1) is 7.66. The second-order valence-corrected chi connectivity index (χ2v) is 4.63. The van der Waals surface area contributed by atoms with Gasteiger partial charge in [-0.15, -0.1) is 12.4 Å². The summed E-state index contributed by atoms with van der Waals surface area (Å²) in [7, 11) is 0. The summed E-state index contributed by atoms with van der Waals surface area (Å²) >= 11 is 0. The van der Waals surface area contributed by atoms with Crippen molar-refractivity contribution in [2.75, 3.05) is 0 Å². The molecule has 4 heteroatoms. The number of hydrogen-bond donors (Lipinski definition) is 1. The first kappa shape index (κ1) is 14.4. The number of nitrogens with two attached hydrogens (primary N) is 1. The van der Waals surface area contributed by atoms with E-state index in [1.165, 1.54) is 31.4 Å². The van der Waals surface area contributed by atoms with Crippen LogP contribution in [0.15, 0.2) is 18.2 Å². The van der Waals surface area contributed by atoms with Crippen molar-refractivity contribution in [2.45, 2.75) is 38.1 Å². The van der Waals surface area contributed by atoms with Gasteiger partial charge in [0.25, 0.3) is 0 Å². The van der Waals surface area contributed by atoms with Crippen LogP contribution in [0.5, 0.6) is 0 Å². The fourth-order valence-electron chi connectivity index (χ4n) is 2.53. The van der Waals surface area contributed by atoms with Crippen LogP contribution in [0, 0.1) is 17.6 Å².